The number of halogens is 2. The maximum Gasteiger partial charge on any atom is 0.252 e. The van der Waals surface area contributed by atoms with Crippen LogP contribution in [0, 0.1) is 5.92 Å². The number of rotatable bonds is 3. The van der Waals surface area contributed by atoms with E-state index in [1.807, 2.05) is 6.07 Å². The van der Waals surface area contributed by atoms with E-state index in [2.05, 4.69) is 10.3 Å². The minimum atomic E-state index is -0.719. The minimum Gasteiger partial charge on any atom is -0.352 e. The predicted molar refractivity (Wildman–Crippen MR) is 79.4 cm³/mol. The third-order valence-corrected chi connectivity index (χ3v) is 4.39. The second kappa shape index (κ2) is 4.79. The highest BCUT2D eigenvalue weighted by molar-refractivity contribution is 6.50. The van der Waals surface area contributed by atoms with E-state index in [1.165, 1.54) is 6.07 Å². The molecule has 1 aromatic carbocycles. The second-order valence-electron chi connectivity index (χ2n) is 4.96. The van der Waals surface area contributed by atoms with Crippen molar-refractivity contribution in [2.75, 3.05) is 6.54 Å². The Morgan fingerprint density at radius 2 is 2.10 bits per heavy atom. The van der Waals surface area contributed by atoms with Gasteiger partial charge in [0.2, 0.25) is 5.56 Å². The topological polar surface area (TPSA) is 62.0 Å². The van der Waals surface area contributed by atoms with E-state index in [-0.39, 0.29) is 17.4 Å². The molecule has 1 aliphatic rings. The molecule has 6 heteroatoms. The molecule has 1 saturated carbocycles. The minimum absolute atomic E-state index is 0.0723. The lowest BCUT2D eigenvalue weighted by atomic mass is 10.1. The number of fused-ring (bicyclic) bond motifs is 1. The first-order valence-corrected chi connectivity index (χ1v) is 7.01. The van der Waals surface area contributed by atoms with E-state index < -0.39 is 4.33 Å². The number of benzene rings is 1. The zero-order valence-corrected chi connectivity index (χ0v) is 12.0. The summed E-state index contributed by atoms with van der Waals surface area (Å²) in [4.78, 5) is 26.5. The van der Waals surface area contributed by atoms with Crippen LogP contribution in [0.4, 0.5) is 0 Å². The number of amides is 1. The third-order valence-electron chi connectivity index (χ3n) is 3.46. The van der Waals surface area contributed by atoms with Gasteiger partial charge < -0.3 is 10.3 Å². The van der Waals surface area contributed by atoms with Gasteiger partial charge in [-0.2, -0.15) is 0 Å². The predicted octanol–water partition coefficient (Wildman–Crippen LogP) is 2.45. The van der Waals surface area contributed by atoms with Crippen LogP contribution >= 0.6 is 23.2 Å². The first-order valence-electron chi connectivity index (χ1n) is 6.25. The molecule has 2 aromatic rings. The normalized spacial score (nSPS) is 19.8. The van der Waals surface area contributed by atoms with Crippen molar-refractivity contribution in [3.63, 3.8) is 0 Å². The van der Waals surface area contributed by atoms with Gasteiger partial charge in [0.25, 0.3) is 5.91 Å². The summed E-state index contributed by atoms with van der Waals surface area (Å²) < 4.78 is -0.719. The SMILES string of the molecule is O=C(NC[C@H]1CC1(Cl)Cl)c1cc(=O)[nH]c2ccccc12. The van der Waals surface area contributed by atoms with Crippen molar-refractivity contribution in [2.24, 2.45) is 5.92 Å². The Hall–Kier alpha value is -1.52. The first-order chi connectivity index (χ1) is 9.47. The van der Waals surface area contributed by atoms with Gasteiger partial charge in [-0.05, 0) is 12.5 Å². The Morgan fingerprint density at radius 1 is 1.40 bits per heavy atom. The molecular weight excluding hydrogens is 299 g/mol. The molecule has 1 aliphatic carbocycles. The van der Waals surface area contributed by atoms with Crippen LogP contribution in [0.2, 0.25) is 0 Å². The Kier molecular flexibility index (Phi) is 3.22. The van der Waals surface area contributed by atoms with Crippen LogP contribution in [0.1, 0.15) is 16.8 Å². The molecule has 0 spiro atoms. The number of aromatic nitrogens is 1. The molecule has 0 saturated heterocycles. The maximum absolute atomic E-state index is 12.2. The zero-order chi connectivity index (χ0) is 14.3. The fourth-order valence-electron chi connectivity index (χ4n) is 2.19. The average Bonchev–Trinajstić information content (AvgIpc) is 3.02. The maximum atomic E-state index is 12.2. The van der Waals surface area contributed by atoms with Crippen LogP contribution in [0.5, 0.6) is 0 Å². The molecule has 0 unspecified atom stereocenters. The van der Waals surface area contributed by atoms with Gasteiger partial charge in [-0.25, -0.2) is 0 Å². The van der Waals surface area contributed by atoms with Gasteiger partial charge in [0.1, 0.15) is 4.33 Å². The van der Waals surface area contributed by atoms with E-state index in [4.69, 9.17) is 23.2 Å². The molecule has 104 valence electrons. The largest absolute Gasteiger partial charge is 0.352 e. The fraction of sp³-hybridized carbons (Fsp3) is 0.286. The van der Waals surface area contributed by atoms with Crippen molar-refractivity contribution >= 4 is 40.0 Å². The lowest BCUT2D eigenvalue weighted by Gasteiger charge is -2.07. The smallest absolute Gasteiger partial charge is 0.252 e. The summed E-state index contributed by atoms with van der Waals surface area (Å²) in [7, 11) is 0. The molecule has 1 amide bonds. The number of carbonyl (C=O) groups excluding carboxylic acids is 1. The zero-order valence-electron chi connectivity index (χ0n) is 10.5. The van der Waals surface area contributed by atoms with Gasteiger partial charge in [0.15, 0.2) is 0 Å². The van der Waals surface area contributed by atoms with Gasteiger partial charge in [0, 0.05) is 29.4 Å². The average molecular weight is 311 g/mol. The highest BCUT2D eigenvalue weighted by atomic mass is 35.5. The molecule has 0 aliphatic heterocycles. The Labute approximate surface area is 125 Å². The molecule has 20 heavy (non-hydrogen) atoms. The Bertz CT molecular complexity index is 739. The van der Waals surface area contributed by atoms with Crippen molar-refractivity contribution in [1.82, 2.24) is 10.3 Å². The third kappa shape index (κ3) is 2.53. The molecular formula is C14H12Cl2N2O2. The number of aromatic amines is 1. The quantitative estimate of drug-likeness (QED) is 0.855. The molecule has 1 heterocycles. The van der Waals surface area contributed by atoms with Crippen LogP contribution in [-0.2, 0) is 0 Å². The summed E-state index contributed by atoms with van der Waals surface area (Å²) in [6, 6.07) is 8.49. The van der Waals surface area contributed by atoms with Gasteiger partial charge >= 0.3 is 0 Å². The van der Waals surface area contributed by atoms with Crippen molar-refractivity contribution in [3.8, 4) is 0 Å². The van der Waals surface area contributed by atoms with Crippen LogP contribution in [0.3, 0.4) is 0 Å². The molecule has 1 aromatic heterocycles. The number of alkyl halides is 2. The highest BCUT2D eigenvalue weighted by Gasteiger charge is 2.51. The number of para-hydroxylation sites is 1. The van der Waals surface area contributed by atoms with Crippen molar-refractivity contribution in [1.29, 1.82) is 0 Å². The van der Waals surface area contributed by atoms with E-state index in [0.29, 0.717) is 29.4 Å². The summed E-state index contributed by atoms with van der Waals surface area (Å²) in [6.45, 7) is 0.410. The van der Waals surface area contributed by atoms with Crippen LogP contribution in [0.15, 0.2) is 35.1 Å². The summed E-state index contributed by atoms with van der Waals surface area (Å²) >= 11 is 11.8. The number of H-pyrrole nitrogens is 1. The monoisotopic (exact) mass is 310 g/mol. The van der Waals surface area contributed by atoms with E-state index in [9.17, 15) is 9.59 Å². The first kappa shape index (κ1) is 13.5. The van der Waals surface area contributed by atoms with Gasteiger partial charge in [-0.1, -0.05) is 18.2 Å². The second-order valence-corrected chi connectivity index (χ2v) is 6.51. The van der Waals surface area contributed by atoms with E-state index in [1.54, 1.807) is 18.2 Å². The van der Waals surface area contributed by atoms with Crippen molar-refractivity contribution in [2.45, 2.75) is 10.8 Å². The molecule has 4 nitrogen and oxygen atoms in total. The summed E-state index contributed by atoms with van der Waals surface area (Å²) in [5.41, 5.74) is 0.699. The number of hydrogen-bond donors (Lipinski definition) is 2. The summed E-state index contributed by atoms with van der Waals surface area (Å²) in [5.74, 6) is -0.216. The summed E-state index contributed by atoms with van der Waals surface area (Å²) in [6.07, 6.45) is 0.673. The lowest BCUT2D eigenvalue weighted by Crippen LogP contribution is -2.28. The van der Waals surface area contributed by atoms with Gasteiger partial charge in [0.05, 0.1) is 5.56 Å². The number of carbonyl (C=O) groups is 1. The molecule has 3 rings (SSSR count). The molecule has 1 fully saturated rings. The molecule has 0 bridgehead atoms. The number of nitrogens with one attached hydrogen (secondary N) is 2. The van der Waals surface area contributed by atoms with E-state index in [0.717, 1.165) is 0 Å². The van der Waals surface area contributed by atoms with Gasteiger partial charge in [-0.15, -0.1) is 23.2 Å². The number of pyridine rings is 1. The molecule has 0 radical (unpaired) electrons. The number of hydrogen-bond acceptors (Lipinski definition) is 2. The van der Waals surface area contributed by atoms with Gasteiger partial charge in [-0.3, -0.25) is 9.59 Å². The van der Waals surface area contributed by atoms with Crippen LogP contribution in [-0.4, -0.2) is 21.8 Å². The van der Waals surface area contributed by atoms with Crippen molar-refractivity contribution in [3.05, 3.63) is 46.2 Å². The van der Waals surface area contributed by atoms with Crippen LogP contribution in [0.25, 0.3) is 10.9 Å². The summed E-state index contributed by atoms with van der Waals surface area (Å²) in [5, 5.41) is 3.49. The lowest BCUT2D eigenvalue weighted by molar-refractivity contribution is 0.0953. The molecule has 2 N–H and O–H groups in total. The van der Waals surface area contributed by atoms with Crippen molar-refractivity contribution < 1.29 is 4.79 Å². The standard InChI is InChI=1S/C14H12Cl2N2O2/c15-14(16)6-8(14)7-17-13(20)10-5-12(19)18-11-4-2-1-3-9(10)11/h1-5,8H,6-7H2,(H,17,20)(H,18,19)/t8-/m1/s1. The van der Waals surface area contributed by atoms with E-state index >= 15 is 0 Å². The van der Waals surface area contributed by atoms with Crippen LogP contribution < -0.4 is 10.9 Å². The Morgan fingerprint density at radius 3 is 2.80 bits per heavy atom. The Balaban J connectivity index is 1.86. The molecule has 1 atom stereocenters. The highest BCUT2D eigenvalue weighted by Crippen LogP contribution is 2.52. The fourth-order valence-corrected chi connectivity index (χ4v) is 2.72.